The van der Waals surface area contributed by atoms with Gasteiger partial charge in [-0.25, -0.2) is 4.79 Å². The van der Waals surface area contributed by atoms with Gasteiger partial charge < -0.3 is 26.0 Å². The van der Waals surface area contributed by atoms with E-state index in [1.165, 1.54) is 46.1 Å². The van der Waals surface area contributed by atoms with Crippen LogP contribution in [0.5, 0.6) is 11.5 Å². The maximum absolute atomic E-state index is 11.6. The van der Waals surface area contributed by atoms with Crippen LogP contribution in [0.15, 0.2) is 66.7 Å². The number of phenolic OH excluding ortho intramolecular Hbond substituents is 1. The Balaban J connectivity index is 0.000000274. The second kappa shape index (κ2) is 16.5. The van der Waals surface area contributed by atoms with Crippen molar-refractivity contribution in [1.82, 2.24) is 4.98 Å². The van der Waals surface area contributed by atoms with Crippen molar-refractivity contribution in [3.8, 4) is 11.5 Å². The number of aromatic carboxylic acids is 1. The van der Waals surface area contributed by atoms with E-state index in [4.69, 9.17) is 10.1 Å². The fourth-order valence-electron chi connectivity index (χ4n) is 6.18. The molecule has 1 saturated carbocycles. The Kier molecular flexibility index (Phi) is 13.1. The standard InChI is InChI=1S/C25H31N3.C13H16O4.Co/c1-16-10-7-11-17(2)24(16)26-20(5)22-14-9-15-23(28-22)21(6)27-25-18(3)12-8-13-19(25)4;14-10-7-6-9(8-4-2-1-3-5-8)11(12(10)15)13(16)17;/h7-15,20-21,26-27H,1-6H3;6-8,14-15H,1-5H2,(H,16,17);/p-1. The molecule has 0 amide bonds. The second-order valence-electron chi connectivity index (χ2n) is 12.3. The van der Waals surface area contributed by atoms with E-state index in [2.05, 4.69) is 107 Å². The summed E-state index contributed by atoms with van der Waals surface area (Å²) < 4.78 is 0. The van der Waals surface area contributed by atoms with Gasteiger partial charge in [-0.15, -0.1) is 0 Å². The molecule has 1 fully saturated rings. The van der Waals surface area contributed by atoms with Crippen molar-refractivity contribution >= 4 is 17.3 Å². The summed E-state index contributed by atoms with van der Waals surface area (Å²) in [5, 5.41) is 37.3. The number of anilines is 2. The van der Waals surface area contributed by atoms with Gasteiger partial charge in [-0.1, -0.05) is 73.5 Å². The molecule has 2 unspecified atom stereocenters. The first-order valence-corrected chi connectivity index (χ1v) is 15.9. The van der Waals surface area contributed by atoms with Crippen molar-refractivity contribution in [2.24, 2.45) is 0 Å². The number of nitrogens with zero attached hydrogens (tertiary/aromatic N) is 1. The number of aryl methyl sites for hydroxylation is 4. The van der Waals surface area contributed by atoms with Gasteiger partial charge in [0.1, 0.15) is 5.75 Å². The zero-order chi connectivity index (χ0) is 32.7. The van der Waals surface area contributed by atoms with Crippen molar-refractivity contribution < 1.29 is 36.9 Å². The molecule has 0 bridgehead atoms. The Morgan fingerprint density at radius 1 is 0.761 bits per heavy atom. The van der Waals surface area contributed by atoms with Crippen LogP contribution in [0.3, 0.4) is 0 Å². The molecular weight excluding hydrogens is 621 g/mol. The van der Waals surface area contributed by atoms with Crippen LogP contribution < -0.4 is 15.7 Å². The maximum Gasteiger partial charge on any atom is 0.335 e. The summed E-state index contributed by atoms with van der Waals surface area (Å²) in [5.41, 5.74) is 9.86. The molecule has 1 aliphatic carbocycles. The van der Waals surface area contributed by atoms with Crippen molar-refractivity contribution in [3.05, 3.63) is 111 Å². The van der Waals surface area contributed by atoms with Crippen LogP contribution in [-0.4, -0.2) is 21.2 Å². The van der Waals surface area contributed by atoms with Crippen LogP contribution in [0.25, 0.3) is 0 Å². The molecule has 0 spiro atoms. The van der Waals surface area contributed by atoms with Crippen molar-refractivity contribution in [2.45, 2.75) is 91.6 Å². The quantitative estimate of drug-likeness (QED) is 0.148. The number of hydrogen-bond donors (Lipinski definition) is 4. The molecule has 1 aromatic heterocycles. The number of phenols is 1. The van der Waals surface area contributed by atoms with Crippen molar-refractivity contribution in [2.75, 3.05) is 10.6 Å². The van der Waals surface area contributed by atoms with Gasteiger partial charge >= 0.3 is 5.97 Å². The zero-order valence-electron chi connectivity index (χ0n) is 27.6. The number of rotatable bonds is 8. The molecule has 3 aromatic carbocycles. The molecule has 46 heavy (non-hydrogen) atoms. The average Bonchev–Trinajstić information content (AvgIpc) is 3.02. The summed E-state index contributed by atoms with van der Waals surface area (Å²) >= 11 is 0. The molecule has 4 aromatic rings. The number of benzene rings is 3. The largest absolute Gasteiger partial charge is 0.869 e. The van der Waals surface area contributed by atoms with Gasteiger partial charge in [0.05, 0.1) is 29.0 Å². The predicted molar refractivity (Wildman–Crippen MR) is 180 cm³/mol. The van der Waals surface area contributed by atoms with E-state index in [1.807, 2.05) is 0 Å². The van der Waals surface area contributed by atoms with Gasteiger partial charge in [0.15, 0.2) is 0 Å². The van der Waals surface area contributed by atoms with Gasteiger partial charge in [-0.2, -0.15) is 0 Å². The van der Waals surface area contributed by atoms with Crippen LogP contribution in [0.2, 0.25) is 0 Å². The molecule has 8 heteroatoms. The topological polar surface area (TPSA) is 118 Å². The number of aromatic hydroxyl groups is 1. The Bertz CT molecular complexity index is 1520. The molecule has 1 radical (unpaired) electrons. The minimum atomic E-state index is -1.24. The second-order valence-corrected chi connectivity index (χ2v) is 12.3. The number of carboxylic acid groups (broad SMARTS) is 1. The number of para-hydroxylation sites is 2. The summed E-state index contributed by atoms with van der Waals surface area (Å²) in [7, 11) is 0. The molecular formula is C38H46CoN3O4-. The summed E-state index contributed by atoms with van der Waals surface area (Å²) in [6.45, 7) is 12.9. The molecule has 2 atom stereocenters. The number of hydrogen-bond acceptors (Lipinski definition) is 6. The minimum Gasteiger partial charge on any atom is -0.869 e. The normalized spacial score (nSPS) is 14.2. The average molecular weight is 668 g/mol. The number of pyridine rings is 1. The Morgan fingerprint density at radius 3 is 1.63 bits per heavy atom. The third-order valence-electron chi connectivity index (χ3n) is 8.79. The van der Waals surface area contributed by atoms with E-state index in [0.717, 1.165) is 37.1 Å². The van der Waals surface area contributed by atoms with Crippen LogP contribution in [0.4, 0.5) is 11.4 Å². The van der Waals surface area contributed by atoms with Gasteiger partial charge in [-0.3, -0.25) is 4.98 Å². The number of aromatic nitrogens is 1. The summed E-state index contributed by atoms with van der Waals surface area (Å²) in [6.07, 6.45) is 5.15. The van der Waals surface area contributed by atoms with E-state index >= 15 is 0 Å². The predicted octanol–water partition coefficient (Wildman–Crippen LogP) is 8.87. The van der Waals surface area contributed by atoms with E-state index in [1.54, 1.807) is 6.07 Å². The minimum absolute atomic E-state index is 0. The van der Waals surface area contributed by atoms with Crippen LogP contribution >= 0.6 is 0 Å². The third kappa shape index (κ3) is 8.83. The first kappa shape index (κ1) is 36.5. The van der Waals surface area contributed by atoms with Gasteiger partial charge in [0, 0.05) is 28.2 Å². The third-order valence-corrected chi connectivity index (χ3v) is 8.79. The van der Waals surface area contributed by atoms with E-state index in [9.17, 15) is 15.0 Å². The molecule has 7 nitrogen and oxygen atoms in total. The molecule has 0 saturated heterocycles. The Morgan fingerprint density at radius 2 is 1.20 bits per heavy atom. The van der Waals surface area contributed by atoms with Gasteiger partial charge in [-0.05, 0) is 106 Å². The molecule has 247 valence electrons. The van der Waals surface area contributed by atoms with E-state index in [0.29, 0.717) is 5.56 Å². The fraction of sp³-hybridized carbons (Fsp3) is 0.368. The molecule has 1 aliphatic rings. The SMILES string of the molecule is Cc1cccc(C)c1NC(C)c1cccc(C(C)Nc2c(C)cccc2C)n1.O=C(O)c1c(C2CCCCC2)ccc(O)c1[O-].[Co]. The number of carboxylic acids is 1. The molecule has 1 heterocycles. The fourth-order valence-corrected chi connectivity index (χ4v) is 6.18. The Hall–Kier alpha value is -4.01. The number of nitrogens with one attached hydrogen (secondary N) is 2. The van der Waals surface area contributed by atoms with Crippen molar-refractivity contribution in [1.29, 1.82) is 0 Å². The first-order valence-electron chi connectivity index (χ1n) is 15.9. The monoisotopic (exact) mass is 667 g/mol. The summed E-state index contributed by atoms with van der Waals surface area (Å²) in [4.78, 5) is 16.1. The molecule has 4 N–H and O–H groups in total. The smallest absolute Gasteiger partial charge is 0.335 e. The van der Waals surface area contributed by atoms with Crippen molar-refractivity contribution in [3.63, 3.8) is 0 Å². The van der Waals surface area contributed by atoms with Crippen LogP contribution in [0, 0.1) is 27.7 Å². The molecule has 5 rings (SSSR count). The summed E-state index contributed by atoms with van der Waals surface area (Å²) in [5.74, 6) is -2.35. The zero-order valence-corrected chi connectivity index (χ0v) is 28.7. The van der Waals surface area contributed by atoms with Gasteiger partial charge in [0.25, 0.3) is 0 Å². The number of carbonyl (C=O) groups is 1. The summed E-state index contributed by atoms with van der Waals surface area (Å²) in [6, 6.07) is 22.2. The van der Waals surface area contributed by atoms with E-state index < -0.39 is 17.5 Å². The Labute approximate surface area is 283 Å². The van der Waals surface area contributed by atoms with Crippen LogP contribution in [-0.2, 0) is 16.8 Å². The first-order chi connectivity index (χ1) is 21.5. The van der Waals surface area contributed by atoms with E-state index in [-0.39, 0.29) is 40.3 Å². The van der Waals surface area contributed by atoms with Gasteiger partial charge in [0.2, 0.25) is 0 Å². The maximum atomic E-state index is 11.6. The molecule has 0 aliphatic heterocycles. The van der Waals surface area contributed by atoms with Crippen LogP contribution in [0.1, 0.15) is 114 Å².